The van der Waals surface area contributed by atoms with Crippen molar-refractivity contribution in [2.45, 2.75) is 44.9 Å². The molecule has 0 saturated heterocycles. The zero-order valence-electron chi connectivity index (χ0n) is 17.3. The van der Waals surface area contributed by atoms with Crippen LogP contribution in [0.15, 0.2) is 48.7 Å². The van der Waals surface area contributed by atoms with Crippen molar-refractivity contribution in [3.05, 3.63) is 54.2 Å². The van der Waals surface area contributed by atoms with Crippen molar-refractivity contribution in [1.29, 1.82) is 0 Å². The maximum atomic E-state index is 12.3. The lowest BCUT2D eigenvalue weighted by Gasteiger charge is -2.22. The largest absolute Gasteiger partial charge is 0.489 e. The Morgan fingerprint density at radius 3 is 2.60 bits per heavy atom. The second kappa shape index (κ2) is 11.1. The summed E-state index contributed by atoms with van der Waals surface area (Å²) >= 11 is 0. The predicted molar refractivity (Wildman–Crippen MR) is 118 cm³/mol. The summed E-state index contributed by atoms with van der Waals surface area (Å²) < 4.78 is 30.5. The van der Waals surface area contributed by atoms with Crippen LogP contribution in [-0.4, -0.2) is 37.4 Å². The molecule has 1 N–H and O–H groups in total. The van der Waals surface area contributed by atoms with Gasteiger partial charge < -0.3 is 10.1 Å². The van der Waals surface area contributed by atoms with Gasteiger partial charge in [-0.1, -0.05) is 49.6 Å². The minimum absolute atomic E-state index is 0.0252. The normalized spacial score (nSPS) is 14.9. The van der Waals surface area contributed by atoms with Gasteiger partial charge in [-0.05, 0) is 49.3 Å². The van der Waals surface area contributed by atoms with E-state index in [2.05, 4.69) is 10.3 Å². The number of hydrogen-bond donors (Lipinski definition) is 1. The fraction of sp³-hybridized carbons (Fsp3) is 0.478. The molecule has 0 radical (unpaired) electrons. The van der Waals surface area contributed by atoms with Crippen LogP contribution in [0.3, 0.4) is 0 Å². The van der Waals surface area contributed by atoms with Crippen LogP contribution >= 0.6 is 0 Å². The number of amides is 1. The van der Waals surface area contributed by atoms with Gasteiger partial charge in [-0.2, -0.15) is 0 Å². The number of aromatic nitrogens is 1. The average molecular weight is 431 g/mol. The summed E-state index contributed by atoms with van der Waals surface area (Å²) in [6.45, 7) is 0.590. The van der Waals surface area contributed by atoms with Crippen LogP contribution in [0.5, 0.6) is 5.75 Å². The molecule has 3 rings (SSSR count). The van der Waals surface area contributed by atoms with E-state index in [0.717, 1.165) is 18.4 Å². The molecule has 1 aliphatic rings. The van der Waals surface area contributed by atoms with E-state index in [1.165, 1.54) is 19.3 Å². The van der Waals surface area contributed by atoms with Crippen LogP contribution in [0.4, 0.5) is 5.82 Å². The number of benzene rings is 1. The number of nitrogens with one attached hydrogen (secondary N) is 1. The number of pyridine rings is 1. The monoisotopic (exact) mass is 430 g/mol. The van der Waals surface area contributed by atoms with E-state index >= 15 is 0 Å². The second-order valence-electron chi connectivity index (χ2n) is 7.89. The summed E-state index contributed by atoms with van der Waals surface area (Å²) in [6, 6.07) is 13.2. The standard InChI is InChI=1S/C23H30N2O4S/c26-22(18-30(27,28)16-8-13-19-9-3-1-4-10-19)25-23-21(14-7-15-24-23)29-17-20-11-5-2-6-12-20/h1,3-4,7,9-10,14-15,20H,2,5-6,8,11-13,16-18H2,(H,24,25,26). The van der Waals surface area contributed by atoms with E-state index in [0.29, 0.717) is 31.1 Å². The molecule has 1 saturated carbocycles. The maximum Gasteiger partial charge on any atom is 0.240 e. The highest BCUT2D eigenvalue weighted by molar-refractivity contribution is 7.92. The minimum atomic E-state index is -3.49. The van der Waals surface area contributed by atoms with Crippen molar-refractivity contribution in [3.8, 4) is 5.75 Å². The van der Waals surface area contributed by atoms with Crippen LogP contribution in [0.2, 0.25) is 0 Å². The van der Waals surface area contributed by atoms with Crippen molar-refractivity contribution in [3.63, 3.8) is 0 Å². The highest BCUT2D eigenvalue weighted by Gasteiger charge is 2.19. The average Bonchev–Trinajstić information content (AvgIpc) is 2.74. The van der Waals surface area contributed by atoms with Crippen molar-refractivity contribution in [2.75, 3.05) is 23.4 Å². The third kappa shape index (κ3) is 7.44. The van der Waals surface area contributed by atoms with Gasteiger partial charge in [0.15, 0.2) is 21.4 Å². The molecule has 1 aliphatic carbocycles. The number of carbonyl (C=O) groups excluding carboxylic acids is 1. The molecule has 0 atom stereocenters. The summed E-state index contributed by atoms with van der Waals surface area (Å²) in [5, 5.41) is 2.61. The smallest absolute Gasteiger partial charge is 0.240 e. The second-order valence-corrected chi connectivity index (χ2v) is 10.1. The molecular weight excluding hydrogens is 400 g/mol. The Balaban J connectivity index is 1.48. The lowest BCUT2D eigenvalue weighted by Crippen LogP contribution is -2.25. The summed E-state index contributed by atoms with van der Waals surface area (Å²) in [4.78, 5) is 16.5. The molecule has 1 aromatic carbocycles. The Morgan fingerprint density at radius 1 is 1.07 bits per heavy atom. The first kappa shape index (κ1) is 22.3. The quantitative estimate of drug-likeness (QED) is 0.615. The Bertz CT molecular complexity index is 910. The molecule has 1 heterocycles. The fourth-order valence-electron chi connectivity index (χ4n) is 3.74. The minimum Gasteiger partial charge on any atom is -0.489 e. The van der Waals surface area contributed by atoms with Crippen LogP contribution in [0.25, 0.3) is 0 Å². The lowest BCUT2D eigenvalue weighted by atomic mass is 9.90. The molecule has 162 valence electrons. The number of rotatable bonds is 10. The van der Waals surface area contributed by atoms with E-state index in [-0.39, 0.29) is 11.6 Å². The summed E-state index contributed by atoms with van der Waals surface area (Å²) in [5.41, 5.74) is 1.09. The third-order valence-electron chi connectivity index (χ3n) is 5.34. The highest BCUT2D eigenvalue weighted by Crippen LogP contribution is 2.27. The molecule has 0 bridgehead atoms. The van der Waals surface area contributed by atoms with Gasteiger partial charge in [-0.25, -0.2) is 13.4 Å². The maximum absolute atomic E-state index is 12.3. The number of hydrogen-bond acceptors (Lipinski definition) is 5. The van der Waals surface area contributed by atoms with Gasteiger partial charge in [0.2, 0.25) is 5.91 Å². The first-order valence-electron chi connectivity index (χ1n) is 10.6. The predicted octanol–water partition coefficient (Wildman–Crippen LogP) is 4.03. The van der Waals surface area contributed by atoms with Crippen LogP contribution in [0, 0.1) is 5.92 Å². The summed E-state index contributed by atoms with van der Waals surface area (Å²) in [6.07, 6.45) is 8.76. The molecule has 30 heavy (non-hydrogen) atoms. The molecule has 6 nitrogen and oxygen atoms in total. The van der Waals surface area contributed by atoms with E-state index in [9.17, 15) is 13.2 Å². The van der Waals surface area contributed by atoms with Gasteiger partial charge in [0, 0.05) is 6.20 Å². The van der Waals surface area contributed by atoms with Gasteiger partial charge in [-0.3, -0.25) is 4.79 Å². The Labute approximate surface area is 179 Å². The van der Waals surface area contributed by atoms with Crippen molar-refractivity contribution in [2.24, 2.45) is 5.92 Å². The number of aryl methyl sites for hydroxylation is 1. The fourth-order valence-corrected chi connectivity index (χ4v) is 4.94. The first-order valence-corrected chi connectivity index (χ1v) is 12.5. The van der Waals surface area contributed by atoms with E-state index in [1.54, 1.807) is 18.3 Å². The lowest BCUT2D eigenvalue weighted by molar-refractivity contribution is -0.113. The molecule has 0 unspecified atom stereocenters. The van der Waals surface area contributed by atoms with Gasteiger partial charge in [0.05, 0.1) is 12.4 Å². The molecular formula is C23H30N2O4S. The Kier molecular flexibility index (Phi) is 8.25. The summed E-state index contributed by atoms with van der Waals surface area (Å²) in [7, 11) is -3.49. The van der Waals surface area contributed by atoms with Crippen molar-refractivity contribution in [1.82, 2.24) is 4.98 Å². The van der Waals surface area contributed by atoms with Gasteiger partial charge in [0.25, 0.3) is 0 Å². The van der Waals surface area contributed by atoms with Crippen LogP contribution < -0.4 is 10.1 Å². The SMILES string of the molecule is O=C(CS(=O)(=O)CCCc1ccccc1)Nc1ncccc1OCC1CCCCC1. The molecule has 1 amide bonds. The Morgan fingerprint density at radius 2 is 1.83 bits per heavy atom. The third-order valence-corrected chi connectivity index (χ3v) is 6.96. The number of nitrogens with zero attached hydrogens (tertiary/aromatic N) is 1. The molecule has 0 spiro atoms. The molecule has 7 heteroatoms. The molecule has 0 aliphatic heterocycles. The van der Waals surface area contributed by atoms with Crippen LogP contribution in [-0.2, 0) is 21.1 Å². The molecule has 1 fully saturated rings. The van der Waals surface area contributed by atoms with E-state index in [4.69, 9.17) is 4.74 Å². The molecule has 1 aromatic heterocycles. The zero-order chi connectivity index (χ0) is 21.2. The van der Waals surface area contributed by atoms with E-state index in [1.807, 2.05) is 30.3 Å². The van der Waals surface area contributed by atoms with Crippen molar-refractivity contribution >= 4 is 21.6 Å². The van der Waals surface area contributed by atoms with E-state index < -0.39 is 21.5 Å². The number of ether oxygens (including phenoxy) is 1. The van der Waals surface area contributed by atoms with Gasteiger partial charge in [0.1, 0.15) is 5.75 Å². The van der Waals surface area contributed by atoms with Gasteiger partial charge in [-0.15, -0.1) is 0 Å². The van der Waals surface area contributed by atoms with Crippen LogP contribution in [0.1, 0.15) is 44.1 Å². The summed E-state index contributed by atoms with van der Waals surface area (Å²) in [5.74, 6) is 0.113. The molecule has 2 aromatic rings. The number of sulfone groups is 1. The highest BCUT2D eigenvalue weighted by atomic mass is 32.2. The number of anilines is 1. The topological polar surface area (TPSA) is 85.4 Å². The Hall–Kier alpha value is -2.41. The first-order chi connectivity index (χ1) is 14.5. The van der Waals surface area contributed by atoms with Crippen molar-refractivity contribution < 1.29 is 17.9 Å². The van der Waals surface area contributed by atoms with Gasteiger partial charge >= 0.3 is 0 Å². The number of carbonyl (C=O) groups is 1. The zero-order valence-corrected chi connectivity index (χ0v) is 18.1.